The average Bonchev–Trinajstić information content (AvgIpc) is 2.81. The molecule has 0 saturated heterocycles. The molecular weight excluding hydrogens is 457 g/mol. The summed E-state index contributed by atoms with van der Waals surface area (Å²) in [7, 11) is -2.44. The second-order valence-electron chi connectivity index (χ2n) is 11.3. The van der Waals surface area contributed by atoms with Gasteiger partial charge in [0.25, 0.3) is 22.5 Å². The van der Waals surface area contributed by atoms with Gasteiger partial charge in [0.2, 0.25) is 0 Å². The summed E-state index contributed by atoms with van der Waals surface area (Å²) in [6.45, 7) is 11.9. The van der Waals surface area contributed by atoms with E-state index in [9.17, 15) is 0 Å². The fourth-order valence-corrected chi connectivity index (χ4v) is 8.67. The molecule has 0 heterocycles. The van der Waals surface area contributed by atoms with Crippen molar-refractivity contribution in [3.8, 4) is 0 Å². The third kappa shape index (κ3) is 11.3. The Bertz CT molecular complexity index is 827. The molecule has 0 unspecified atom stereocenters. The first kappa shape index (κ1) is 31.4. The molecule has 0 bridgehead atoms. The van der Waals surface area contributed by atoms with Gasteiger partial charge in [-0.05, 0) is 27.8 Å². The normalized spacial score (nSPS) is 12.1. The van der Waals surface area contributed by atoms with Crippen LogP contribution in [-0.2, 0) is 4.43 Å². The predicted molar refractivity (Wildman–Crippen MR) is 161 cm³/mol. The summed E-state index contributed by atoms with van der Waals surface area (Å²) in [6.07, 6.45) is 0.984. The van der Waals surface area contributed by atoms with Gasteiger partial charge in [-0.3, -0.25) is 0 Å². The molecule has 35 heavy (non-hydrogen) atoms. The lowest BCUT2D eigenvalue weighted by Gasteiger charge is -2.43. The van der Waals surface area contributed by atoms with Crippen molar-refractivity contribution in [2.45, 2.75) is 69.5 Å². The molecule has 3 aromatic carbocycles. The lowest BCUT2D eigenvalue weighted by Crippen LogP contribution is -2.67. The van der Waals surface area contributed by atoms with E-state index in [1.807, 2.05) is 36.4 Å². The van der Waals surface area contributed by atoms with E-state index in [0.717, 1.165) is 6.42 Å². The van der Waals surface area contributed by atoms with E-state index in [1.165, 1.54) is 10.4 Å². The van der Waals surface area contributed by atoms with Crippen molar-refractivity contribution >= 4 is 32.8 Å². The molecule has 4 heteroatoms. The molecular formula is C31H48AlNOSi. The Hall–Kier alpha value is -1.67. The first-order valence-corrected chi connectivity index (χ1v) is 18.4. The fourth-order valence-electron chi connectivity index (χ4n) is 4.05. The van der Waals surface area contributed by atoms with E-state index in [0.29, 0.717) is 12.5 Å². The van der Waals surface area contributed by atoms with Crippen LogP contribution in [0.3, 0.4) is 0 Å². The van der Waals surface area contributed by atoms with Crippen LogP contribution in [0, 0.1) is 5.92 Å². The maximum absolute atomic E-state index is 6.84. The van der Waals surface area contributed by atoms with Crippen LogP contribution in [-0.4, -0.2) is 35.1 Å². The van der Waals surface area contributed by atoms with Gasteiger partial charge in [-0.15, -0.1) is 17.4 Å². The monoisotopic (exact) mass is 505 g/mol. The van der Waals surface area contributed by atoms with Crippen molar-refractivity contribution in [1.29, 1.82) is 0 Å². The molecule has 0 amide bonds. The quantitative estimate of drug-likeness (QED) is 0.351. The topological polar surface area (TPSA) is 35.2 Å². The van der Waals surface area contributed by atoms with Crippen LogP contribution in [0.5, 0.6) is 0 Å². The highest BCUT2D eigenvalue weighted by molar-refractivity contribution is 6.99. The molecule has 0 aliphatic carbocycles. The summed E-state index contributed by atoms with van der Waals surface area (Å²) in [6, 6.07) is 33.6. The van der Waals surface area contributed by atoms with Gasteiger partial charge in [-0.2, -0.15) is 0 Å². The summed E-state index contributed by atoms with van der Waals surface area (Å²) in [5, 5.41) is 2.63. The van der Waals surface area contributed by atoms with E-state index >= 15 is 0 Å². The van der Waals surface area contributed by atoms with Crippen LogP contribution in [0.2, 0.25) is 22.4 Å². The highest BCUT2D eigenvalue weighted by Gasteiger charge is 2.50. The molecule has 0 saturated carbocycles. The van der Waals surface area contributed by atoms with Crippen LogP contribution in [0.1, 0.15) is 41.0 Å². The molecule has 2 nitrogen and oxygen atoms in total. The third-order valence-electron chi connectivity index (χ3n) is 5.37. The summed E-state index contributed by atoms with van der Waals surface area (Å²) < 4.78 is 6.84. The molecule has 2 N–H and O–H groups in total. The van der Waals surface area contributed by atoms with Gasteiger partial charge in [0.05, 0.1) is 0 Å². The Labute approximate surface area is 221 Å². The minimum atomic E-state index is -2.44. The summed E-state index contributed by atoms with van der Waals surface area (Å²) in [5.74, 6) is 7.50. The summed E-state index contributed by atoms with van der Waals surface area (Å²) >= 11 is -0.139. The predicted octanol–water partition coefficient (Wildman–Crippen LogP) is 6.99. The van der Waals surface area contributed by atoms with Crippen molar-refractivity contribution in [2.24, 2.45) is 11.7 Å². The summed E-state index contributed by atoms with van der Waals surface area (Å²) in [4.78, 5) is 0. The molecule has 3 rings (SSSR count). The average molecular weight is 506 g/mol. The molecule has 1 atom stereocenters. The molecule has 0 aliphatic heterocycles. The van der Waals surface area contributed by atoms with Gasteiger partial charge in [0, 0.05) is 12.6 Å². The van der Waals surface area contributed by atoms with Gasteiger partial charge < -0.3 is 10.2 Å². The molecule has 3 aromatic rings. The van der Waals surface area contributed by atoms with Crippen LogP contribution in [0.15, 0.2) is 97.1 Å². The molecule has 0 fully saturated rings. The van der Waals surface area contributed by atoms with Crippen molar-refractivity contribution in [2.75, 3.05) is 6.61 Å². The SMILES string of the molecule is CC(C)C[C@H](N)CO[Si](c1ccccc1)(c1ccccc1)C(C)(C)C.[CH3][Al]([CH3])[CH3].c1ccccc1. The van der Waals surface area contributed by atoms with Gasteiger partial charge in [0.1, 0.15) is 0 Å². The Kier molecular flexibility index (Phi) is 14.5. The van der Waals surface area contributed by atoms with Gasteiger partial charge in [-0.25, -0.2) is 0 Å². The first-order valence-electron chi connectivity index (χ1n) is 13.0. The molecule has 0 radical (unpaired) electrons. The molecule has 0 spiro atoms. The second-order valence-corrected chi connectivity index (χ2v) is 19.0. The minimum Gasteiger partial charge on any atom is -0.406 e. The number of rotatable bonds is 7. The van der Waals surface area contributed by atoms with E-state index in [1.54, 1.807) is 0 Å². The number of hydrogen-bond acceptors (Lipinski definition) is 2. The second kappa shape index (κ2) is 16.1. The molecule has 190 valence electrons. The third-order valence-corrected chi connectivity index (χ3v) is 10.4. The number of nitrogens with two attached hydrogens (primary N) is 1. The van der Waals surface area contributed by atoms with Crippen molar-refractivity contribution in [3.63, 3.8) is 0 Å². The Balaban J connectivity index is 0.000000508. The van der Waals surface area contributed by atoms with Crippen LogP contribution >= 0.6 is 0 Å². The minimum absolute atomic E-state index is 0.00720. The Morgan fingerprint density at radius 1 is 0.714 bits per heavy atom. The highest BCUT2D eigenvalue weighted by atomic mass is 28.4. The maximum atomic E-state index is 6.84. The van der Waals surface area contributed by atoms with Crippen molar-refractivity contribution < 1.29 is 4.43 Å². The Morgan fingerprint density at radius 3 is 1.31 bits per heavy atom. The van der Waals surface area contributed by atoms with Crippen molar-refractivity contribution in [3.05, 3.63) is 97.1 Å². The smallest absolute Gasteiger partial charge is 0.261 e. The van der Waals surface area contributed by atoms with Crippen LogP contribution in [0.25, 0.3) is 0 Å². The fraction of sp³-hybridized carbons (Fsp3) is 0.419. The maximum Gasteiger partial charge on any atom is 0.261 e. The van der Waals surface area contributed by atoms with Gasteiger partial charge in [0.15, 0.2) is 0 Å². The molecule has 0 aliphatic rings. The first-order chi connectivity index (χ1) is 16.5. The van der Waals surface area contributed by atoms with Crippen LogP contribution < -0.4 is 16.1 Å². The van der Waals surface area contributed by atoms with E-state index in [2.05, 4.69) is 113 Å². The number of benzene rings is 3. The van der Waals surface area contributed by atoms with Gasteiger partial charge >= 0.3 is 0 Å². The van der Waals surface area contributed by atoms with E-state index < -0.39 is 8.32 Å². The lowest BCUT2D eigenvalue weighted by molar-refractivity contribution is 0.256. The standard InChI is InChI=1S/C22H33NOSi.C6H6.3CH3.Al/c1-18(2)16-19(23)17-24-25(22(3,4)5,20-12-8-6-9-13-20)21-14-10-7-11-15-21;1-2-4-6-5-3-1;;;;/h6-15,18-19H,16-17,23H2,1-5H3;1-6H;3*1H3;/t19-;;;;;/m0...../s1. The lowest BCUT2D eigenvalue weighted by atomic mass is 10.1. The number of hydrogen-bond donors (Lipinski definition) is 1. The van der Waals surface area contributed by atoms with E-state index in [-0.39, 0.29) is 25.2 Å². The summed E-state index contributed by atoms with van der Waals surface area (Å²) in [5.41, 5.74) is 6.38. The Morgan fingerprint density at radius 2 is 1.03 bits per heavy atom. The zero-order chi connectivity index (χ0) is 26.3. The van der Waals surface area contributed by atoms with Crippen LogP contribution in [0.4, 0.5) is 0 Å². The molecule has 0 aromatic heterocycles. The zero-order valence-electron chi connectivity index (χ0n) is 23.4. The highest BCUT2D eigenvalue weighted by Crippen LogP contribution is 2.36. The largest absolute Gasteiger partial charge is 0.406 e. The van der Waals surface area contributed by atoms with E-state index in [4.69, 9.17) is 10.2 Å². The van der Waals surface area contributed by atoms with Gasteiger partial charge in [-0.1, -0.05) is 132 Å². The zero-order valence-corrected chi connectivity index (χ0v) is 25.5. The van der Waals surface area contributed by atoms with Crippen molar-refractivity contribution in [1.82, 2.24) is 0 Å².